The quantitative estimate of drug-likeness (QED) is 0.544. The molecule has 0 atom stereocenters. The van der Waals surface area contributed by atoms with E-state index >= 15 is 0 Å². The van der Waals surface area contributed by atoms with E-state index < -0.39 is 0 Å². The Balaban J connectivity index is 0.000000187. The van der Waals surface area contributed by atoms with Crippen LogP contribution in [0.15, 0.2) is 10.9 Å². The molecule has 0 N–H and O–H groups in total. The van der Waals surface area contributed by atoms with Crippen LogP contribution in [0, 0.1) is 6.92 Å². The highest BCUT2D eigenvalue weighted by molar-refractivity contribution is 7.07. The summed E-state index contributed by atoms with van der Waals surface area (Å²) in [5.74, 6) is 0. The normalized spacial score (nSPS) is 7.89. The molecule has 0 fully saturated rings. The highest BCUT2D eigenvalue weighted by atomic mass is 32.1. The molecule has 1 rings (SSSR count). The molecular weight excluding hydrogens is 130 g/mol. The molecule has 0 spiro atoms. The van der Waals surface area contributed by atoms with E-state index in [2.05, 4.69) is 18.8 Å². The Labute approximate surface area is 60.8 Å². The minimum absolute atomic E-state index is 1.11. The molecule has 0 saturated heterocycles. The summed E-state index contributed by atoms with van der Waals surface area (Å²) >= 11 is 1.63. The van der Waals surface area contributed by atoms with Crippen molar-refractivity contribution in [2.75, 3.05) is 0 Å². The van der Waals surface area contributed by atoms with Crippen molar-refractivity contribution in [3.8, 4) is 0 Å². The van der Waals surface area contributed by atoms with Gasteiger partial charge in [-0.05, 0) is 6.92 Å². The van der Waals surface area contributed by atoms with Crippen LogP contribution in [0.2, 0.25) is 0 Å². The van der Waals surface area contributed by atoms with Gasteiger partial charge in [-0.1, -0.05) is 20.3 Å². The summed E-state index contributed by atoms with van der Waals surface area (Å²) in [6.45, 7) is 6.23. The molecule has 0 bridgehead atoms. The Kier molecular flexibility index (Phi) is 5.52. The lowest BCUT2D eigenvalue weighted by Gasteiger charge is -1.64. The van der Waals surface area contributed by atoms with Crippen molar-refractivity contribution in [3.05, 3.63) is 16.6 Å². The molecule has 1 heterocycles. The van der Waals surface area contributed by atoms with Crippen molar-refractivity contribution in [3.63, 3.8) is 0 Å². The molecule has 9 heavy (non-hydrogen) atoms. The zero-order valence-electron chi connectivity index (χ0n) is 6.22. The molecule has 0 saturated carbocycles. The highest BCUT2D eigenvalue weighted by Gasteiger charge is 1.76. The van der Waals surface area contributed by atoms with Crippen LogP contribution in [0.5, 0.6) is 0 Å². The number of nitrogens with zero attached hydrogens (tertiary/aromatic N) is 1. The smallest absolute Gasteiger partial charge is 0.0794 e. The maximum atomic E-state index is 3.94. The molecule has 1 aromatic rings. The topological polar surface area (TPSA) is 12.9 Å². The molecule has 0 aliphatic heterocycles. The number of hydrogen-bond acceptors (Lipinski definition) is 2. The maximum absolute atomic E-state index is 3.94. The van der Waals surface area contributed by atoms with Crippen LogP contribution in [0.4, 0.5) is 0 Å². The molecule has 0 aliphatic carbocycles. The van der Waals surface area contributed by atoms with Gasteiger partial charge in [0.2, 0.25) is 0 Å². The zero-order valence-corrected chi connectivity index (χ0v) is 7.03. The van der Waals surface area contributed by atoms with Crippen LogP contribution in [0.3, 0.4) is 0 Å². The number of aryl methyl sites for hydroxylation is 1. The van der Waals surface area contributed by atoms with Gasteiger partial charge in [0.1, 0.15) is 0 Å². The molecule has 1 aromatic heterocycles. The zero-order chi connectivity index (χ0) is 7.11. The van der Waals surface area contributed by atoms with Gasteiger partial charge < -0.3 is 0 Å². The minimum atomic E-state index is 1.11. The number of hydrogen-bond donors (Lipinski definition) is 0. The minimum Gasteiger partial charge on any atom is -0.250 e. The highest BCUT2D eigenvalue weighted by Crippen LogP contribution is 1.95. The van der Waals surface area contributed by atoms with Gasteiger partial charge in [0.15, 0.2) is 0 Å². The first-order chi connectivity index (χ1) is 4.31. The molecule has 1 nitrogen and oxygen atoms in total. The van der Waals surface area contributed by atoms with Crippen LogP contribution < -0.4 is 0 Å². The van der Waals surface area contributed by atoms with Crippen molar-refractivity contribution >= 4 is 11.3 Å². The van der Waals surface area contributed by atoms with E-state index in [0.717, 1.165) is 5.69 Å². The van der Waals surface area contributed by atoms with Gasteiger partial charge in [0, 0.05) is 11.1 Å². The van der Waals surface area contributed by atoms with Gasteiger partial charge in [-0.3, -0.25) is 4.98 Å². The van der Waals surface area contributed by atoms with E-state index in [-0.39, 0.29) is 0 Å². The third-order valence-corrected chi connectivity index (χ3v) is 1.26. The molecular formula is C7H13NS. The van der Waals surface area contributed by atoms with Gasteiger partial charge in [0.25, 0.3) is 0 Å². The monoisotopic (exact) mass is 143 g/mol. The Morgan fingerprint density at radius 2 is 2.11 bits per heavy atom. The molecule has 0 amide bonds. The number of aromatic nitrogens is 1. The lowest BCUT2D eigenvalue weighted by molar-refractivity contribution is 1.09. The van der Waals surface area contributed by atoms with Crippen molar-refractivity contribution in [1.29, 1.82) is 0 Å². The van der Waals surface area contributed by atoms with Gasteiger partial charge in [0.05, 0.1) is 5.51 Å². The lowest BCUT2D eigenvalue weighted by atomic mass is 10.6. The lowest BCUT2D eigenvalue weighted by Crippen LogP contribution is -1.59. The fraction of sp³-hybridized carbons (Fsp3) is 0.571. The van der Waals surface area contributed by atoms with Crippen molar-refractivity contribution in [2.45, 2.75) is 27.2 Å². The number of thiazole rings is 1. The first kappa shape index (κ1) is 8.63. The third-order valence-electron chi connectivity index (χ3n) is 0.556. The fourth-order valence-electron chi connectivity index (χ4n) is 0.273. The third kappa shape index (κ3) is 5.50. The van der Waals surface area contributed by atoms with Gasteiger partial charge >= 0.3 is 0 Å². The summed E-state index contributed by atoms with van der Waals surface area (Å²) in [6.07, 6.45) is 1.25. The van der Waals surface area contributed by atoms with Crippen LogP contribution >= 0.6 is 11.3 Å². The van der Waals surface area contributed by atoms with E-state index in [9.17, 15) is 0 Å². The van der Waals surface area contributed by atoms with Crippen LogP contribution in [-0.4, -0.2) is 4.98 Å². The van der Waals surface area contributed by atoms with Crippen molar-refractivity contribution < 1.29 is 0 Å². The first-order valence-electron chi connectivity index (χ1n) is 3.16. The maximum Gasteiger partial charge on any atom is 0.0794 e. The second-order valence-electron chi connectivity index (χ2n) is 1.84. The molecule has 0 aromatic carbocycles. The average molecular weight is 143 g/mol. The standard InChI is InChI=1S/C4H5NS.C3H8/c1-4-2-6-3-5-4;1-3-2/h2-3H,1H3;3H2,1-2H3. The molecule has 52 valence electrons. The Hall–Kier alpha value is -0.370. The summed E-state index contributed by atoms with van der Waals surface area (Å²) in [7, 11) is 0. The predicted molar refractivity (Wildman–Crippen MR) is 42.8 cm³/mol. The van der Waals surface area contributed by atoms with Gasteiger partial charge in [-0.2, -0.15) is 0 Å². The largest absolute Gasteiger partial charge is 0.250 e. The van der Waals surface area contributed by atoms with Gasteiger partial charge in [-0.25, -0.2) is 0 Å². The summed E-state index contributed by atoms with van der Waals surface area (Å²) in [5.41, 5.74) is 2.94. The molecule has 0 unspecified atom stereocenters. The van der Waals surface area contributed by atoms with Gasteiger partial charge in [-0.15, -0.1) is 11.3 Å². The van der Waals surface area contributed by atoms with Crippen LogP contribution in [0.25, 0.3) is 0 Å². The average Bonchev–Trinajstić information content (AvgIpc) is 2.20. The van der Waals surface area contributed by atoms with E-state index in [4.69, 9.17) is 0 Å². The summed E-state index contributed by atoms with van der Waals surface area (Å²) in [5, 5.41) is 2.01. The summed E-state index contributed by atoms with van der Waals surface area (Å²) < 4.78 is 0. The van der Waals surface area contributed by atoms with Crippen LogP contribution in [0.1, 0.15) is 26.0 Å². The first-order valence-corrected chi connectivity index (χ1v) is 4.10. The second-order valence-corrected chi connectivity index (χ2v) is 2.56. The number of rotatable bonds is 0. The van der Waals surface area contributed by atoms with E-state index in [0.29, 0.717) is 0 Å². The Morgan fingerprint density at radius 1 is 1.56 bits per heavy atom. The second kappa shape index (κ2) is 5.76. The Bertz CT molecular complexity index is 123. The molecule has 0 radical (unpaired) electrons. The van der Waals surface area contributed by atoms with Crippen molar-refractivity contribution in [2.24, 2.45) is 0 Å². The predicted octanol–water partition coefficient (Wildman–Crippen LogP) is 2.87. The summed E-state index contributed by atoms with van der Waals surface area (Å²) in [6, 6.07) is 0. The molecule has 2 heteroatoms. The van der Waals surface area contributed by atoms with E-state index in [1.54, 1.807) is 11.3 Å². The SMILES string of the molecule is CCC.Cc1cscn1. The fourth-order valence-corrected chi connectivity index (χ4v) is 0.819. The Morgan fingerprint density at radius 3 is 2.22 bits per heavy atom. The van der Waals surface area contributed by atoms with Crippen LogP contribution in [-0.2, 0) is 0 Å². The van der Waals surface area contributed by atoms with Crippen molar-refractivity contribution in [1.82, 2.24) is 4.98 Å². The van der Waals surface area contributed by atoms with E-state index in [1.807, 2.05) is 17.8 Å². The summed E-state index contributed by atoms with van der Waals surface area (Å²) in [4.78, 5) is 3.94. The van der Waals surface area contributed by atoms with E-state index in [1.165, 1.54) is 6.42 Å². The molecule has 0 aliphatic rings.